The maximum Gasteiger partial charge on any atom is 0.227 e. The maximum atomic E-state index is 13.4. The Hall–Kier alpha value is -3.29. The molecule has 1 aliphatic heterocycles. The third-order valence-corrected chi connectivity index (χ3v) is 4.57. The van der Waals surface area contributed by atoms with E-state index in [1.165, 1.54) is 11.0 Å². The molecule has 1 saturated heterocycles. The van der Waals surface area contributed by atoms with E-state index in [0.717, 1.165) is 0 Å². The Bertz CT molecular complexity index is 1000. The molecular weight excluding hydrogens is 351 g/mol. The maximum absolute atomic E-state index is 13.4. The molecule has 1 unspecified atom stereocenters. The highest BCUT2D eigenvalue weighted by Gasteiger charge is 2.35. The predicted molar refractivity (Wildman–Crippen MR) is 95.2 cm³/mol. The van der Waals surface area contributed by atoms with Crippen molar-refractivity contribution in [3.8, 4) is 0 Å². The van der Waals surface area contributed by atoms with E-state index >= 15 is 0 Å². The number of fused-ring (bicyclic) bond motifs is 1. The van der Waals surface area contributed by atoms with E-state index in [9.17, 15) is 14.0 Å². The summed E-state index contributed by atoms with van der Waals surface area (Å²) in [5.41, 5.74) is 2.09. The van der Waals surface area contributed by atoms with Gasteiger partial charge in [0.25, 0.3) is 0 Å². The Balaban J connectivity index is 1.40. The average molecular weight is 368 g/mol. The van der Waals surface area contributed by atoms with Crippen LogP contribution >= 0.6 is 0 Å². The molecule has 7 nitrogen and oxygen atoms in total. The summed E-state index contributed by atoms with van der Waals surface area (Å²) in [7, 11) is 0. The van der Waals surface area contributed by atoms with Crippen LogP contribution in [-0.4, -0.2) is 28.3 Å². The minimum Gasteiger partial charge on any atom is -0.437 e. The molecule has 0 aliphatic carbocycles. The summed E-state index contributed by atoms with van der Waals surface area (Å²) in [5, 5.41) is 2.75. The molecule has 0 bridgehead atoms. The standard InChI is InChI=1S/C19H17FN4O3/c1-11-7-13(4-5-14(11)20)24-10-12(8-17(24)25)19(26)22-9-16-23-18-15(27-16)3-2-6-21-18/h2-7,12H,8-10H2,1H3,(H,22,26). The number of hydrogen-bond donors (Lipinski definition) is 1. The van der Waals surface area contributed by atoms with Gasteiger partial charge in [0.05, 0.1) is 12.5 Å². The molecule has 0 saturated carbocycles. The third-order valence-electron chi connectivity index (χ3n) is 4.57. The van der Waals surface area contributed by atoms with Crippen LogP contribution in [0.25, 0.3) is 11.2 Å². The lowest BCUT2D eigenvalue weighted by atomic mass is 10.1. The zero-order valence-electron chi connectivity index (χ0n) is 14.6. The van der Waals surface area contributed by atoms with Gasteiger partial charge >= 0.3 is 0 Å². The van der Waals surface area contributed by atoms with E-state index in [2.05, 4.69) is 15.3 Å². The van der Waals surface area contributed by atoms with Gasteiger partial charge in [-0.05, 0) is 42.8 Å². The highest BCUT2D eigenvalue weighted by atomic mass is 19.1. The number of pyridine rings is 1. The highest BCUT2D eigenvalue weighted by molar-refractivity contribution is 6.00. The number of anilines is 1. The number of amides is 2. The number of rotatable bonds is 4. The van der Waals surface area contributed by atoms with Gasteiger partial charge in [-0.3, -0.25) is 9.59 Å². The van der Waals surface area contributed by atoms with Crippen LogP contribution in [0, 0.1) is 18.7 Å². The molecule has 3 aromatic rings. The number of aryl methyl sites for hydroxylation is 1. The molecule has 0 spiro atoms. The third kappa shape index (κ3) is 3.38. The van der Waals surface area contributed by atoms with Crippen molar-refractivity contribution in [1.29, 1.82) is 0 Å². The number of carbonyl (C=O) groups is 2. The quantitative estimate of drug-likeness (QED) is 0.764. The SMILES string of the molecule is Cc1cc(N2CC(C(=O)NCc3nc4ncccc4o3)CC2=O)ccc1F. The molecular formula is C19H17FN4O3. The first kappa shape index (κ1) is 17.1. The molecule has 8 heteroatoms. The van der Waals surface area contributed by atoms with E-state index in [1.807, 2.05) is 0 Å². The first-order chi connectivity index (χ1) is 13.0. The van der Waals surface area contributed by atoms with Crippen molar-refractivity contribution in [3.05, 3.63) is 53.8 Å². The molecule has 4 rings (SSSR count). The number of nitrogens with zero attached hydrogens (tertiary/aromatic N) is 3. The topological polar surface area (TPSA) is 88.3 Å². The Kier molecular flexibility index (Phi) is 4.31. The predicted octanol–water partition coefficient (Wildman–Crippen LogP) is 2.34. The van der Waals surface area contributed by atoms with Gasteiger partial charge in [-0.1, -0.05) is 0 Å². The number of hydrogen-bond acceptors (Lipinski definition) is 5. The van der Waals surface area contributed by atoms with Crippen LogP contribution in [0.1, 0.15) is 17.9 Å². The molecule has 1 fully saturated rings. The van der Waals surface area contributed by atoms with Gasteiger partial charge in [0.2, 0.25) is 17.7 Å². The summed E-state index contributed by atoms with van der Waals surface area (Å²) >= 11 is 0. The van der Waals surface area contributed by atoms with Crippen molar-refractivity contribution in [2.24, 2.45) is 5.92 Å². The van der Waals surface area contributed by atoms with E-state index in [1.54, 1.807) is 37.4 Å². The van der Waals surface area contributed by atoms with Gasteiger partial charge < -0.3 is 14.6 Å². The van der Waals surface area contributed by atoms with Crippen molar-refractivity contribution in [2.75, 3.05) is 11.4 Å². The van der Waals surface area contributed by atoms with Crippen molar-refractivity contribution < 1.29 is 18.4 Å². The molecule has 1 aliphatic rings. The molecule has 1 atom stereocenters. The molecule has 2 aromatic heterocycles. The summed E-state index contributed by atoms with van der Waals surface area (Å²) in [6.45, 7) is 2.01. The summed E-state index contributed by atoms with van der Waals surface area (Å²) in [6, 6.07) is 7.97. The highest BCUT2D eigenvalue weighted by Crippen LogP contribution is 2.26. The first-order valence-electron chi connectivity index (χ1n) is 8.56. The average Bonchev–Trinajstić information content (AvgIpc) is 3.25. The second kappa shape index (κ2) is 6.79. The molecule has 0 radical (unpaired) electrons. The van der Waals surface area contributed by atoms with Crippen molar-refractivity contribution in [3.63, 3.8) is 0 Å². The van der Waals surface area contributed by atoms with Crippen LogP contribution in [0.2, 0.25) is 0 Å². The number of halogens is 1. The molecule has 27 heavy (non-hydrogen) atoms. The minimum absolute atomic E-state index is 0.109. The Labute approximate surface area is 154 Å². The van der Waals surface area contributed by atoms with Crippen LogP contribution in [0.3, 0.4) is 0 Å². The van der Waals surface area contributed by atoms with Crippen molar-refractivity contribution >= 4 is 28.7 Å². The smallest absolute Gasteiger partial charge is 0.227 e. The lowest BCUT2D eigenvalue weighted by Crippen LogP contribution is -2.32. The number of nitrogens with one attached hydrogen (secondary N) is 1. The van der Waals surface area contributed by atoms with Gasteiger partial charge in [0, 0.05) is 24.8 Å². The number of oxazole rings is 1. The Morgan fingerprint density at radius 3 is 3.04 bits per heavy atom. The fourth-order valence-corrected chi connectivity index (χ4v) is 3.13. The Morgan fingerprint density at radius 2 is 2.26 bits per heavy atom. The number of benzene rings is 1. The van der Waals surface area contributed by atoms with E-state index in [4.69, 9.17) is 4.42 Å². The second-order valence-corrected chi connectivity index (χ2v) is 6.49. The molecule has 138 valence electrons. The number of aromatic nitrogens is 2. The van der Waals surface area contributed by atoms with Gasteiger partial charge in [-0.15, -0.1) is 0 Å². The Morgan fingerprint density at radius 1 is 1.41 bits per heavy atom. The van der Waals surface area contributed by atoms with Crippen molar-refractivity contribution in [1.82, 2.24) is 15.3 Å². The molecule has 3 heterocycles. The van der Waals surface area contributed by atoms with Crippen LogP contribution in [0.4, 0.5) is 10.1 Å². The van der Waals surface area contributed by atoms with Crippen LogP contribution in [0.15, 0.2) is 40.9 Å². The van der Waals surface area contributed by atoms with E-state index < -0.39 is 5.92 Å². The summed E-state index contributed by atoms with van der Waals surface area (Å²) < 4.78 is 19.0. The lowest BCUT2D eigenvalue weighted by Gasteiger charge is -2.17. The van der Waals surface area contributed by atoms with Crippen LogP contribution < -0.4 is 10.2 Å². The van der Waals surface area contributed by atoms with Gasteiger partial charge in [-0.2, -0.15) is 4.98 Å². The number of carbonyl (C=O) groups excluding carboxylic acids is 2. The van der Waals surface area contributed by atoms with Gasteiger partial charge in [0.15, 0.2) is 11.2 Å². The van der Waals surface area contributed by atoms with Crippen LogP contribution in [0.5, 0.6) is 0 Å². The summed E-state index contributed by atoms with van der Waals surface area (Å²) in [5.74, 6) is -0.864. The van der Waals surface area contributed by atoms with Gasteiger partial charge in [-0.25, -0.2) is 9.37 Å². The second-order valence-electron chi connectivity index (χ2n) is 6.49. The van der Waals surface area contributed by atoms with E-state index in [0.29, 0.717) is 28.4 Å². The van der Waals surface area contributed by atoms with E-state index in [-0.39, 0.29) is 37.1 Å². The normalized spacial score (nSPS) is 16.9. The van der Waals surface area contributed by atoms with Gasteiger partial charge in [0.1, 0.15) is 5.82 Å². The molecule has 1 N–H and O–H groups in total. The summed E-state index contributed by atoms with van der Waals surface area (Å²) in [4.78, 5) is 34.5. The zero-order valence-corrected chi connectivity index (χ0v) is 14.6. The van der Waals surface area contributed by atoms with Crippen LogP contribution in [-0.2, 0) is 16.1 Å². The zero-order chi connectivity index (χ0) is 19.0. The monoisotopic (exact) mass is 368 g/mol. The molecule has 1 aromatic carbocycles. The minimum atomic E-state index is -0.481. The summed E-state index contributed by atoms with van der Waals surface area (Å²) in [6.07, 6.45) is 1.72. The fraction of sp³-hybridized carbons (Fsp3) is 0.263. The molecule has 2 amide bonds. The largest absolute Gasteiger partial charge is 0.437 e. The fourth-order valence-electron chi connectivity index (χ4n) is 3.13. The first-order valence-corrected chi connectivity index (χ1v) is 8.56. The van der Waals surface area contributed by atoms with Crippen molar-refractivity contribution in [2.45, 2.75) is 19.9 Å². The lowest BCUT2D eigenvalue weighted by molar-refractivity contribution is -0.126.